The fraction of sp³-hybridized carbons (Fsp3) is 0.133. The number of aromatic amines is 1. The lowest BCUT2D eigenvalue weighted by Gasteiger charge is -2.08. The van der Waals surface area contributed by atoms with Gasteiger partial charge in [-0.05, 0) is 18.1 Å². The maximum atomic E-state index is 10.8. The molecule has 0 aliphatic rings. The first kappa shape index (κ1) is 15.3. The van der Waals surface area contributed by atoms with E-state index in [-0.39, 0.29) is 5.75 Å². The Morgan fingerprint density at radius 1 is 1.26 bits per heavy atom. The number of benzene rings is 1. The summed E-state index contributed by atoms with van der Waals surface area (Å²) in [4.78, 5) is 8.79. The minimum absolute atomic E-state index is 0.121. The monoisotopic (exact) mass is 329 g/mol. The highest BCUT2D eigenvalue weighted by Gasteiger charge is 2.08. The van der Waals surface area contributed by atoms with Gasteiger partial charge in [-0.2, -0.15) is 5.10 Å². The van der Waals surface area contributed by atoms with Crippen LogP contribution in [0.2, 0.25) is 0 Å². The second-order valence-corrected chi connectivity index (χ2v) is 5.93. The molecule has 3 rings (SSSR count). The lowest BCUT2D eigenvalue weighted by Crippen LogP contribution is -1.99. The molecule has 0 fully saturated rings. The van der Waals surface area contributed by atoms with Crippen LogP contribution in [0.25, 0.3) is 11.3 Å². The molecule has 118 valence electrons. The van der Waals surface area contributed by atoms with Gasteiger partial charge in [0.2, 0.25) is 5.95 Å². The van der Waals surface area contributed by atoms with Gasteiger partial charge in [-0.15, -0.1) is 0 Å². The van der Waals surface area contributed by atoms with E-state index in [4.69, 9.17) is 4.55 Å². The first-order chi connectivity index (χ1) is 11.1. The maximum Gasteiger partial charge on any atom is 0.227 e. The molecule has 0 spiro atoms. The van der Waals surface area contributed by atoms with E-state index in [0.717, 1.165) is 28.1 Å². The molecule has 0 radical (unpaired) electrons. The molecule has 0 aliphatic carbocycles. The Labute approximate surface area is 135 Å². The SMILES string of the molecule is Cc1cnc(Nc2cn[nH]c2)nc1-c1ccc(CS(=O)O)cc1. The maximum absolute atomic E-state index is 10.8. The van der Waals surface area contributed by atoms with Crippen molar-refractivity contribution in [2.75, 3.05) is 5.32 Å². The number of anilines is 2. The van der Waals surface area contributed by atoms with Gasteiger partial charge >= 0.3 is 0 Å². The summed E-state index contributed by atoms with van der Waals surface area (Å²) in [5.41, 5.74) is 4.26. The van der Waals surface area contributed by atoms with E-state index in [1.807, 2.05) is 31.2 Å². The second kappa shape index (κ2) is 6.67. The number of aromatic nitrogens is 4. The van der Waals surface area contributed by atoms with Gasteiger partial charge in [0, 0.05) is 18.0 Å². The molecule has 0 amide bonds. The molecule has 2 aromatic heterocycles. The van der Waals surface area contributed by atoms with Crippen LogP contribution < -0.4 is 5.32 Å². The Balaban J connectivity index is 1.87. The van der Waals surface area contributed by atoms with E-state index < -0.39 is 11.1 Å². The molecule has 3 N–H and O–H groups in total. The van der Waals surface area contributed by atoms with Crippen LogP contribution >= 0.6 is 0 Å². The molecule has 1 unspecified atom stereocenters. The predicted molar refractivity (Wildman–Crippen MR) is 88.6 cm³/mol. The molecular weight excluding hydrogens is 314 g/mol. The number of hydrogen-bond acceptors (Lipinski definition) is 5. The molecule has 3 aromatic rings. The van der Waals surface area contributed by atoms with Gasteiger partial charge in [-0.25, -0.2) is 14.2 Å². The van der Waals surface area contributed by atoms with Crippen molar-refractivity contribution in [2.24, 2.45) is 0 Å². The summed E-state index contributed by atoms with van der Waals surface area (Å²) in [6.07, 6.45) is 5.11. The summed E-state index contributed by atoms with van der Waals surface area (Å²) in [5.74, 6) is 0.601. The fourth-order valence-corrected chi connectivity index (χ4v) is 2.62. The van der Waals surface area contributed by atoms with Crippen molar-refractivity contribution in [2.45, 2.75) is 12.7 Å². The first-order valence-electron chi connectivity index (χ1n) is 6.88. The Bertz CT molecular complexity index is 818. The molecule has 23 heavy (non-hydrogen) atoms. The Morgan fingerprint density at radius 2 is 2.04 bits per heavy atom. The zero-order valence-electron chi connectivity index (χ0n) is 12.4. The summed E-state index contributed by atoms with van der Waals surface area (Å²) in [6, 6.07) is 7.43. The third-order valence-corrected chi connectivity index (χ3v) is 3.82. The van der Waals surface area contributed by atoms with E-state index >= 15 is 0 Å². The van der Waals surface area contributed by atoms with Crippen molar-refractivity contribution in [3.05, 3.63) is 54.0 Å². The third-order valence-electron chi connectivity index (χ3n) is 3.24. The third kappa shape index (κ3) is 3.79. The Kier molecular flexibility index (Phi) is 4.45. The molecular formula is C15H15N5O2S. The molecule has 1 aromatic carbocycles. The van der Waals surface area contributed by atoms with Gasteiger partial charge in [0.1, 0.15) is 0 Å². The van der Waals surface area contributed by atoms with Crippen molar-refractivity contribution >= 4 is 22.7 Å². The van der Waals surface area contributed by atoms with Crippen molar-refractivity contribution < 1.29 is 8.76 Å². The molecule has 0 saturated carbocycles. The number of aryl methyl sites for hydroxylation is 1. The average molecular weight is 329 g/mol. The molecule has 8 heteroatoms. The summed E-state index contributed by atoms with van der Waals surface area (Å²) < 4.78 is 19.8. The van der Waals surface area contributed by atoms with Crippen LogP contribution in [0.1, 0.15) is 11.1 Å². The van der Waals surface area contributed by atoms with Crippen LogP contribution in [-0.2, 0) is 16.8 Å². The molecule has 2 heterocycles. The predicted octanol–water partition coefficient (Wildman–Crippen LogP) is 2.64. The first-order valence-corrected chi connectivity index (χ1v) is 8.15. The van der Waals surface area contributed by atoms with Gasteiger partial charge in [-0.1, -0.05) is 24.3 Å². The second-order valence-electron chi connectivity index (χ2n) is 5.00. The molecule has 7 nitrogen and oxygen atoms in total. The average Bonchev–Trinajstić information content (AvgIpc) is 3.02. The van der Waals surface area contributed by atoms with Gasteiger partial charge in [0.05, 0.1) is 23.3 Å². The highest BCUT2D eigenvalue weighted by molar-refractivity contribution is 7.78. The van der Waals surface area contributed by atoms with Gasteiger partial charge in [-0.3, -0.25) is 5.10 Å². The van der Waals surface area contributed by atoms with E-state index in [0.29, 0.717) is 5.95 Å². The topological polar surface area (TPSA) is 104 Å². The van der Waals surface area contributed by atoms with Gasteiger partial charge in [0.25, 0.3) is 0 Å². The summed E-state index contributed by atoms with van der Waals surface area (Å²) in [7, 11) is 0. The smallest absolute Gasteiger partial charge is 0.227 e. The van der Waals surface area contributed by atoms with E-state index in [1.54, 1.807) is 18.6 Å². The van der Waals surface area contributed by atoms with Crippen LogP contribution in [-0.4, -0.2) is 28.9 Å². The standard InChI is InChI=1S/C15H15N5O2S/c1-10-6-16-15(19-13-7-17-18-8-13)20-14(10)12-4-2-11(3-5-12)9-23(21)22/h2-8H,9H2,1H3,(H,17,18)(H,21,22)(H,16,19,20). The minimum Gasteiger partial charge on any atom is -0.321 e. The minimum atomic E-state index is -1.84. The summed E-state index contributed by atoms with van der Waals surface area (Å²) in [6.45, 7) is 1.94. The number of hydrogen-bond donors (Lipinski definition) is 3. The van der Waals surface area contributed by atoms with Crippen molar-refractivity contribution in [1.82, 2.24) is 20.2 Å². The Morgan fingerprint density at radius 3 is 2.70 bits per heavy atom. The molecule has 0 aliphatic heterocycles. The Hall–Kier alpha value is -2.58. The molecule has 0 saturated heterocycles. The van der Waals surface area contributed by atoms with Crippen LogP contribution in [0.4, 0.5) is 11.6 Å². The number of H-pyrrole nitrogens is 1. The van der Waals surface area contributed by atoms with Crippen molar-refractivity contribution in [1.29, 1.82) is 0 Å². The molecule has 1 atom stereocenters. The largest absolute Gasteiger partial charge is 0.321 e. The zero-order chi connectivity index (χ0) is 16.2. The van der Waals surface area contributed by atoms with Crippen LogP contribution in [0.15, 0.2) is 42.9 Å². The number of rotatable bonds is 5. The lowest BCUT2D eigenvalue weighted by atomic mass is 10.1. The van der Waals surface area contributed by atoms with E-state index in [9.17, 15) is 4.21 Å². The molecule has 0 bridgehead atoms. The quantitative estimate of drug-likeness (QED) is 0.622. The van der Waals surface area contributed by atoms with Gasteiger partial charge in [0.15, 0.2) is 11.1 Å². The fourth-order valence-electron chi connectivity index (χ4n) is 2.14. The van der Waals surface area contributed by atoms with Crippen molar-refractivity contribution in [3.8, 4) is 11.3 Å². The van der Waals surface area contributed by atoms with Crippen molar-refractivity contribution in [3.63, 3.8) is 0 Å². The van der Waals surface area contributed by atoms with Crippen LogP contribution in [0.3, 0.4) is 0 Å². The zero-order valence-corrected chi connectivity index (χ0v) is 13.2. The van der Waals surface area contributed by atoms with Gasteiger partial charge < -0.3 is 9.87 Å². The van der Waals surface area contributed by atoms with Crippen LogP contribution in [0, 0.1) is 6.92 Å². The highest BCUT2D eigenvalue weighted by atomic mass is 32.2. The number of nitrogens with one attached hydrogen (secondary N) is 2. The van der Waals surface area contributed by atoms with E-state index in [1.165, 1.54) is 0 Å². The van der Waals surface area contributed by atoms with Crippen LogP contribution in [0.5, 0.6) is 0 Å². The van der Waals surface area contributed by atoms with E-state index in [2.05, 4.69) is 25.5 Å². The summed E-state index contributed by atoms with van der Waals surface area (Å²) >= 11 is -1.84. The normalized spacial score (nSPS) is 12.1. The number of nitrogens with zero attached hydrogens (tertiary/aromatic N) is 3. The highest BCUT2D eigenvalue weighted by Crippen LogP contribution is 2.23. The summed E-state index contributed by atoms with van der Waals surface area (Å²) in [5, 5.41) is 9.65. The lowest BCUT2D eigenvalue weighted by molar-refractivity contribution is 0.563.